The van der Waals surface area contributed by atoms with Gasteiger partial charge in [-0.25, -0.2) is 16.8 Å². The number of carbonyl (C=O) groups is 1. The van der Waals surface area contributed by atoms with Crippen LogP contribution in [-0.4, -0.2) is 63.2 Å². The largest absolute Gasteiger partial charge is 0.373 e. The average Bonchev–Trinajstić information content (AvgIpc) is 2.73. The first-order valence-corrected chi connectivity index (χ1v) is 15.0. The second kappa shape index (κ2) is 10.5. The molecule has 2 atom stereocenters. The molecule has 0 bridgehead atoms. The third-order valence-corrected chi connectivity index (χ3v) is 11.0. The number of benzene rings is 1. The van der Waals surface area contributed by atoms with Crippen LogP contribution < -0.4 is 0 Å². The van der Waals surface area contributed by atoms with Gasteiger partial charge in [-0.3, -0.25) is 4.79 Å². The maximum absolute atomic E-state index is 13.0. The Kier molecular flexibility index (Phi) is 8.41. The van der Waals surface area contributed by atoms with E-state index in [1.807, 2.05) is 13.8 Å². The number of sulfone groups is 1. The van der Waals surface area contributed by atoms with E-state index in [2.05, 4.69) is 0 Å². The van der Waals surface area contributed by atoms with Gasteiger partial charge in [-0.2, -0.15) is 4.31 Å². The van der Waals surface area contributed by atoms with Crippen LogP contribution in [0.25, 0.3) is 0 Å². The molecule has 1 saturated heterocycles. The topological polar surface area (TPSA) is 97.8 Å². The molecule has 9 heteroatoms. The molecule has 2 fully saturated rings. The van der Waals surface area contributed by atoms with Crippen molar-refractivity contribution in [1.82, 2.24) is 4.31 Å². The van der Waals surface area contributed by atoms with Crippen LogP contribution in [0.5, 0.6) is 0 Å². The Hall–Kier alpha value is -1.29. The van der Waals surface area contributed by atoms with Crippen molar-refractivity contribution >= 4 is 25.6 Å². The zero-order valence-electron chi connectivity index (χ0n) is 20.1. The standard InChI is InChI=1S/C24H37NO6S2/c1-17(2)32(27,28)16-21-5-9-22(10-6-21)24(26)13-20-7-11-23(12-8-20)33(29,30)25-14-18(3)31-19(4)15-25/h7-8,11-12,17-19,21-22H,5-6,9-10,13-16H2,1-4H3/t18-,19+,21?,22?. The van der Waals surface area contributed by atoms with E-state index in [0.717, 1.165) is 31.2 Å². The molecule has 1 saturated carbocycles. The quantitative estimate of drug-likeness (QED) is 0.545. The molecule has 186 valence electrons. The average molecular weight is 500 g/mol. The summed E-state index contributed by atoms with van der Waals surface area (Å²) < 4.78 is 57.4. The van der Waals surface area contributed by atoms with E-state index in [-0.39, 0.29) is 52.1 Å². The van der Waals surface area contributed by atoms with Crippen LogP contribution in [0.1, 0.15) is 58.9 Å². The normalized spacial score (nSPS) is 27.5. The number of Topliss-reactive ketones (excluding diaryl/α,β-unsaturated/α-hetero) is 1. The van der Waals surface area contributed by atoms with Crippen molar-refractivity contribution in [3.05, 3.63) is 29.8 Å². The number of rotatable bonds is 8. The van der Waals surface area contributed by atoms with Crippen LogP contribution in [0.3, 0.4) is 0 Å². The first-order chi connectivity index (χ1) is 15.4. The predicted molar refractivity (Wildman–Crippen MR) is 128 cm³/mol. The van der Waals surface area contributed by atoms with Crippen LogP contribution in [0.2, 0.25) is 0 Å². The van der Waals surface area contributed by atoms with Crippen molar-refractivity contribution in [2.45, 2.75) is 82.2 Å². The summed E-state index contributed by atoms with van der Waals surface area (Å²) in [5, 5.41) is -0.362. The number of nitrogens with zero attached hydrogens (tertiary/aromatic N) is 1. The van der Waals surface area contributed by atoms with Gasteiger partial charge in [0, 0.05) is 25.4 Å². The van der Waals surface area contributed by atoms with Crippen molar-refractivity contribution in [2.24, 2.45) is 11.8 Å². The lowest BCUT2D eigenvalue weighted by Gasteiger charge is -2.34. The third-order valence-electron chi connectivity index (χ3n) is 6.81. The number of carbonyl (C=O) groups excluding carboxylic acids is 1. The Morgan fingerprint density at radius 2 is 1.52 bits per heavy atom. The van der Waals surface area contributed by atoms with E-state index < -0.39 is 19.9 Å². The van der Waals surface area contributed by atoms with Crippen molar-refractivity contribution in [1.29, 1.82) is 0 Å². The van der Waals surface area contributed by atoms with E-state index in [0.29, 0.717) is 13.1 Å². The molecule has 1 aromatic carbocycles. The smallest absolute Gasteiger partial charge is 0.243 e. The van der Waals surface area contributed by atoms with Crippen LogP contribution in [-0.2, 0) is 35.8 Å². The van der Waals surface area contributed by atoms with Crippen LogP contribution in [0, 0.1) is 11.8 Å². The zero-order chi connectivity index (χ0) is 24.4. The summed E-state index contributed by atoms with van der Waals surface area (Å²) >= 11 is 0. The number of sulfonamides is 1. The maximum Gasteiger partial charge on any atom is 0.243 e. The van der Waals surface area contributed by atoms with Gasteiger partial charge in [-0.1, -0.05) is 12.1 Å². The Labute approximate surface area is 198 Å². The molecule has 1 aliphatic heterocycles. The highest BCUT2D eigenvalue weighted by molar-refractivity contribution is 7.92. The molecular formula is C24H37NO6S2. The molecule has 0 N–H and O–H groups in total. The van der Waals surface area contributed by atoms with E-state index >= 15 is 0 Å². The van der Waals surface area contributed by atoms with Crippen LogP contribution >= 0.6 is 0 Å². The predicted octanol–water partition coefficient (Wildman–Crippen LogP) is 3.23. The highest BCUT2D eigenvalue weighted by atomic mass is 32.2. The minimum atomic E-state index is -3.60. The lowest BCUT2D eigenvalue weighted by Crippen LogP contribution is -2.48. The van der Waals surface area contributed by atoms with Crippen molar-refractivity contribution < 1.29 is 26.4 Å². The summed E-state index contributed by atoms with van der Waals surface area (Å²) in [5.74, 6) is 0.438. The Balaban J connectivity index is 1.55. The van der Waals surface area contributed by atoms with E-state index in [1.54, 1.807) is 38.1 Å². The minimum absolute atomic E-state index is 0.0530. The SMILES string of the molecule is CC(C)S(=O)(=O)CC1CCC(C(=O)Cc2ccc(S(=O)(=O)N3C[C@@H](C)O[C@@H](C)C3)cc2)CC1. The van der Waals surface area contributed by atoms with Gasteiger partial charge in [0.2, 0.25) is 10.0 Å². The van der Waals surface area contributed by atoms with Gasteiger partial charge in [0.1, 0.15) is 5.78 Å². The first kappa shape index (κ1) is 26.3. The number of morpholine rings is 1. The summed E-state index contributed by atoms with van der Waals surface area (Å²) in [6.07, 6.45) is 2.92. The van der Waals surface area contributed by atoms with Gasteiger partial charge in [0.05, 0.1) is 28.1 Å². The second-order valence-corrected chi connectivity index (χ2v) is 14.5. The molecule has 7 nitrogen and oxygen atoms in total. The van der Waals surface area contributed by atoms with Gasteiger partial charge in [-0.15, -0.1) is 0 Å². The fourth-order valence-corrected chi connectivity index (χ4v) is 7.74. The molecular weight excluding hydrogens is 462 g/mol. The monoisotopic (exact) mass is 499 g/mol. The number of ether oxygens (including phenoxy) is 1. The van der Waals surface area contributed by atoms with Gasteiger partial charge in [-0.05, 0) is 77.0 Å². The lowest BCUT2D eigenvalue weighted by atomic mass is 9.79. The molecule has 0 spiro atoms. The summed E-state index contributed by atoms with van der Waals surface area (Å²) in [4.78, 5) is 13.0. The Morgan fingerprint density at radius 1 is 0.970 bits per heavy atom. The minimum Gasteiger partial charge on any atom is -0.373 e. The lowest BCUT2D eigenvalue weighted by molar-refractivity contribution is -0.123. The molecule has 2 aliphatic rings. The van der Waals surface area contributed by atoms with Gasteiger partial charge in [0.25, 0.3) is 0 Å². The molecule has 1 aromatic rings. The molecule has 33 heavy (non-hydrogen) atoms. The summed E-state index contributed by atoms with van der Waals surface area (Å²) in [7, 11) is -6.66. The first-order valence-electron chi connectivity index (χ1n) is 11.9. The summed E-state index contributed by atoms with van der Waals surface area (Å²) in [6, 6.07) is 6.60. The third kappa shape index (κ3) is 6.65. The highest BCUT2D eigenvalue weighted by Crippen LogP contribution is 2.32. The molecule has 0 radical (unpaired) electrons. The van der Waals surface area contributed by atoms with Crippen LogP contribution in [0.15, 0.2) is 29.2 Å². The zero-order valence-corrected chi connectivity index (χ0v) is 21.7. The molecule has 0 unspecified atom stereocenters. The van der Waals surface area contributed by atoms with Gasteiger partial charge in [0.15, 0.2) is 9.84 Å². The summed E-state index contributed by atoms with van der Waals surface area (Å²) in [5.41, 5.74) is 0.798. The van der Waals surface area contributed by atoms with Crippen molar-refractivity contribution in [2.75, 3.05) is 18.8 Å². The fourth-order valence-electron chi connectivity index (χ4n) is 4.77. The molecule has 0 amide bonds. The number of hydrogen-bond donors (Lipinski definition) is 0. The van der Waals surface area contributed by atoms with Crippen LogP contribution in [0.4, 0.5) is 0 Å². The highest BCUT2D eigenvalue weighted by Gasteiger charge is 2.33. The molecule has 0 aromatic heterocycles. The maximum atomic E-state index is 13.0. The number of ketones is 1. The molecule has 3 rings (SSSR count). The van der Waals surface area contributed by atoms with E-state index in [4.69, 9.17) is 4.74 Å². The summed E-state index contributed by atoms with van der Waals surface area (Å²) in [6.45, 7) is 7.81. The van der Waals surface area contributed by atoms with E-state index in [1.165, 1.54) is 4.31 Å². The van der Waals surface area contributed by atoms with Gasteiger partial charge >= 0.3 is 0 Å². The molecule has 1 aliphatic carbocycles. The number of hydrogen-bond acceptors (Lipinski definition) is 6. The second-order valence-electron chi connectivity index (χ2n) is 9.96. The Bertz CT molecular complexity index is 1020. The van der Waals surface area contributed by atoms with Crippen molar-refractivity contribution in [3.63, 3.8) is 0 Å². The Morgan fingerprint density at radius 3 is 2.03 bits per heavy atom. The van der Waals surface area contributed by atoms with Gasteiger partial charge < -0.3 is 4.74 Å². The molecule has 1 heterocycles. The van der Waals surface area contributed by atoms with Crippen molar-refractivity contribution in [3.8, 4) is 0 Å². The van der Waals surface area contributed by atoms with E-state index in [9.17, 15) is 21.6 Å². The fraction of sp³-hybridized carbons (Fsp3) is 0.708.